The SMILES string of the molecule is COc1ccc(OC)c(C(C)(O)C2CCNCC2)c1. The Morgan fingerprint density at radius 2 is 1.89 bits per heavy atom. The quantitative estimate of drug-likeness (QED) is 0.873. The Kier molecular flexibility index (Phi) is 4.32. The number of piperidine rings is 1. The molecule has 0 saturated carbocycles. The van der Waals surface area contributed by atoms with E-state index in [1.165, 1.54) is 0 Å². The molecule has 4 heteroatoms. The number of hydrogen-bond donors (Lipinski definition) is 2. The molecule has 1 aromatic rings. The van der Waals surface area contributed by atoms with Gasteiger partial charge in [-0.05, 0) is 57.0 Å². The van der Waals surface area contributed by atoms with Gasteiger partial charge in [0.25, 0.3) is 0 Å². The highest BCUT2D eigenvalue weighted by molar-refractivity contribution is 5.44. The van der Waals surface area contributed by atoms with Gasteiger partial charge in [-0.15, -0.1) is 0 Å². The molecule has 1 heterocycles. The van der Waals surface area contributed by atoms with E-state index in [4.69, 9.17) is 9.47 Å². The highest BCUT2D eigenvalue weighted by atomic mass is 16.5. The van der Waals surface area contributed by atoms with Gasteiger partial charge in [-0.1, -0.05) is 0 Å². The van der Waals surface area contributed by atoms with Crippen LogP contribution in [-0.2, 0) is 5.60 Å². The van der Waals surface area contributed by atoms with Crippen molar-refractivity contribution in [3.05, 3.63) is 23.8 Å². The Balaban J connectivity index is 2.36. The molecule has 2 rings (SSSR count). The molecule has 1 saturated heterocycles. The van der Waals surface area contributed by atoms with Gasteiger partial charge in [-0.2, -0.15) is 0 Å². The van der Waals surface area contributed by atoms with Crippen molar-refractivity contribution in [1.29, 1.82) is 0 Å². The number of aliphatic hydroxyl groups is 1. The van der Waals surface area contributed by atoms with E-state index < -0.39 is 5.60 Å². The molecular formula is C15H23NO3. The molecule has 106 valence electrons. The molecule has 1 aliphatic heterocycles. The molecule has 1 unspecified atom stereocenters. The molecule has 1 aromatic carbocycles. The van der Waals surface area contributed by atoms with E-state index in [0.29, 0.717) is 5.75 Å². The van der Waals surface area contributed by atoms with Crippen LogP contribution in [0.15, 0.2) is 18.2 Å². The van der Waals surface area contributed by atoms with Crippen LogP contribution in [0.25, 0.3) is 0 Å². The number of rotatable bonds is 4. The highest BCUT2D eigenvalue weighted by Crippen LogP contribution is 2.40. The summed E-state index contributed by atoms with van der Waals surface area (Å²) in [6.45, 7) is 3.78. The fourth-order valence-electron chi connectivity index (χ4n) is 2.81. The molecule has 0 bridgehead atoms. The summed E-state index contributed by atoms with van der Waals surface area (Å²) in [5.41, 5.74) is -0.0941. The third-order valence-electron chi connectivity index (χ3n) is 4.09. The number of benzene rings is 1. The van der Waals surface area contributed by atoms with E-state index >= 15 is 0 Å². The fraction of sp³-hybridized carbons (Fsp3) is 0.600. The summed E-state index contributed by atoms with van der Waals surface area (Å²) in [6, 6.07) is 5.57. The first-order valence-electron chi connectivity index (χ1n) is 6.75. The number of nitrogens with one attached hydrogen (secondary N) is 1. The van der Waals surface area contributed by atoms with Gasteiger partial charge in [-0.3, -0.25) is 0 Å². The van der Waals surface area contributed by atoms with E-state index in [1.54, 1.807) is 14.2 Å². The van der Waals surface area contributed by atoms with E-state index in [1.807, 2.05) is 25.1 Å². The van der Waals surface area contributed by atoms with Gasteiger partial charge in [-0.25, -0.2) is 0 Å². The molecule has 0 radical (unpaired) electrons. The zero-order chi connectivity index (χ0) is 13.9. The first-order chi connectivity index (χ1) is 9.09. The number of ether oxygens (including phenoxy) is 2. The molecule has 2 N–H and O–H groups in total. The maximum absolute atomic E-state index is 11.0. The van der Waals surface area contributed by atoms with Crippen molar-refractivity contribution in [1.82, 2.24) is 5.32 Å². The molecule has 0 aliphatic carbocycles. The van der Waals surface area contributed by atoms with Gasteiger partial charge in [0, 0.05) is 5.56 Å². The van der Waals surface area contributed by atoms with Crippen molar-refractivity contribution in [2.75, 3.05) is 27.3 Å². The second-order valence-corrected chi connectivity index (χ2v) is 5.24. The predicted octanol–water partition coefficient (Wildman–Crippen LogP) is 1.91. The van der Waals surface area contributed by atoms with Gasteiger partial charge in [0.05, 0.1) is 19.8 Å². The summed E-state index contributed by atoms with van der Waals surface area (Å²) in [6.07, 6.45) is 1.93. The summed E-state index contributed by atoms with van der Waals surface area (Å²) in [7, 11) is 3.26. The Hall–Kier alpha value is -1.26. The lowest BCUT2D eigenvalue weighted by molar-refractivity contribution is -0.0205. The van der Waals surface area contributed by atoms with Gasteiger partial charge >= 0.3 is 0 Å². The van der Waals surface area contributed by atoms with Gasteiger partial charge in [0.2, 0.25) is 0 Å². The Morgan fingerprint density at radius 3 is 2.47 bits per heavy atom. The first kappa shape index (κ1) is 14.2. The Morgan fingerprint density at radius 1 is 1.21 bits per heavy atom. The minimum Gasteiger partial charge on any atom is -0.497 e. The molecule has 0 amide bonds. The largest absolute Gasteiger partial charge is 0.497 e. The lowest BCUT2D eigenvalue weighted by Crippen LogP contribution is -2.40. The van der Waals surface area contributed by atoms with Crippen LogP contribution in [0.2, 0.25) is 0 Å². The van der Waals surface area contributed by atoms with Crippen molar-refractivity contribution in [2.24, 2.45) is 5.92 Å². The van der Waals surface area contributed by atoms with Crippen LogP contribution in [0.1, 0.15) is 25.3 Å². The third-order valence-corrected chi connectivity index (χ3v) is 4.09. The second kappa shape index (κ2) is 5.80. The van der Waals surface area contributed by atoms with Crippen LogP contribution in [0.4, 0.5) is 0 Å². The average molecular weight is 265 g/mol. The molecule has 0 spiro atoms. The number of methoxy groups -OCH3 is 2. The molecule has 0 aromatic heterocycles. The molecule has 1 fully saturated rings. The zero-order valence-corrected chi connectivity index (χ0v) is 11.9. The van der Waals surface area contributed by atoms with Crippen LogP contribution in [-0.4, -0.2) is 32.4 Å². The molecular weight excluding hydrogens is 242 g/mol. The lowest BCUT2D eigenvalue weighted by atomic mass is 9.77. The summed E-state index contributed by atoms with van der Waals surface area (Å²) in [5, 5.41) is 14.3. The number of hydrogen-bond acceptors (Lipinski definition) is 4. The minimum absolute atomic E-state index is 0.231. The molecule has 4 nitrogen and oxygen atoms in total. The van der Waals surface area contributed by atoms with E-state index in [-0.39, 0.29) is 5.92 Å². The maximum atomic E-state index is 11.0. The van der Waals surface area contributed by atoms with Crippen LogP contribution in [0.5, 0.6) is 11.5 Å². The summed E-state index contributed by atoms with van der Waals surface area (Å²) in [4.78, 5) is 0. The minimum atomic E-state index is -0.901. The fourth-order valence-corrected chi connectivity index (χ4v) is 2.81. The normalized spacial score (nSPS) is 19.8. The maximum Gasteiger partial charge on any atom is 0.125 e. The smallest absolute Gasteiger partial charge is 0.125 e. The monoisotopic (exact) mass is 265 g/mol. The van der Waals surface area contributed by atoms with Crippen molar-refractivity contribution in [3.8, 4) is 11.5 Å². The van der Waals surface area contributed by atoms with Gasteiger partial charge in [0.15, 0.2) is 0 Å². The summed E-state index contributed by atoms with van der Waals surface area (Å²) < 4.78 is 10.6. The first-order valence-corrected chi connectivity index (χ1v) is 6.75. The standard InChI is InChI=1S/C15H23NO3/c1-15(17,11-6-8-16-9-7-11)13-10-12(18-2)4-5-14(13)19-3/h4-5,10-11,16-17H,6-9H2,1-3H3. The highest BCUT2D eigenvalue weighted by Gasteiger charge is 2.36. The van der Waals surface area contributed by atoms with Crippen molar-refractivity contribution < 1.29 is 14.6 Å². The zero-order valence-electron chi connectivity index (χ0n) is 11.9. The van der Waals surface area contributed by atoms with Crippen molar-refractivity contribution in [3.63, 3.8) is 0 Å². The second-order valence-electron chi connectivity index (χ2n) is 5.24. The van der Waals surface area contributed by atoms with E-state index in [0.717, 1.165) is 37.2 Å². The molecule has 19 heavy (non-hydrogen) atoms. The lowest BCUT2D eigenvalue weighted by Gasteiger charge is -2.37. The van der Waals surface area contributed by atoms with Gasteiger partial charge < -0.3 is 19.9 Å². The van der Waals surface area contributed by atoms with E-state index in [2.05, 4.69) is 5.32 Å². The Labute approximate surface area is 114 Å². The topological polar surface area (TPSA) is 50.7 Å². The predicted molar refractivity (Wildman–Crippen MR) is 74.7 cm³/mol. The summed E-state index contributed by atoms with van der Waals surface area (Å²) >= 11 is 0. The summed E-state index contributed by atoms with van der Waals surface area (Å²) in [5.74, 6) is 1.68. The van der Waals surface area contributed by atoms with Crippen LogP contribution < -0.4 is 14.8 Å². The molecule has 1 aliphatic rings. The van der Waals surface area contributed by atoms with Crippen LogP contribution in [0, 0.1) is 5.92 Å². The Bertz CT molecular complexity index is 425. The van der Waals surface area contributed by atoms with Crippen LogP contribution in [0.3, 0.4) is 0 Å². The van der Waals surface area contributed by atoms with Crippen molar-refractivity contribution in [2.45, 2.75) is 25.4 Å². The van der Waals surface area contributed by atoms with Crippen LogP contribution >= 0.6 is 0 Å². The third kappa shape index (κ3) is 2.85. The molecule has 1 atom stereocenters. The van der Waals surface area contributed by atoms with Crippen molar-refractivity contribution >= 4 is 0 Å². The average Bonchev–Trinajstić information content (AvgIpc) is 2.47. The van der Waals surface area contributed by atoms with Gasteiger partial charge in [0.1, 0.15) is 11.5 Å². The van der Waals surface area contributed by atoms with E-state index in [9.17, 15) is 5.11 Å².